The molecule has 0 spiro atoms. The van der Waals surface area contributed by atoms with Gasteiger partial charge in [0.2, 0.25) is 0 Å². The third kappa shape index (κ3) is 2.21. The first-order chi connectivity index (χ1) is 9.65. The monoisotopic (exact) mass is 288 g/mol. The lowest BCUT2D eigenvalue weighted by atomic mass is 10.3. The van der Waals surface area contributed by atoms with Crippen molar-refractivity contribution in [2.45, 2.75) is 13.5 Å². The summed E-state index contributed by atoms with van der Waals surface area (Å²) in [6.07, 6.45) is 5.19. The molecule has 7 nitrogen and oxygen atoms in total. The van der Waals surface area contributed by atoms with Crippen LogP contribution in [0, 0.1) is 6.92 Å². The molecule has 102 valence electrons. The van der Waals surface area contributed by atoms with Crippen LogP contribution >= 0.6 is 11.3 Å². The fourth-order valence-electron chi connectivity index (χ4n) is 1.88. The van der Waals surface area contributed by atoms with Crippen molar-refractivity contribution in [2.75, 3.05) is 5.73 Å². The Morgan fingerprint density at radius 1 is 1.55 bits per heavy atom. The molecule has 3 aromatic heterocycles. The number of nitrogens with two attached hydrogens (primary N) is 1. The number of amides is 1. The molecule has 0 aliphatic carbocycles. The summed E-state index contributed by atoms with van der Waals surface area (Å²) in [5.41, 5.74) is 7.81. The maximum Gasteiger partial charge on any atom is 0.263 e. The number of aromatic nitrogens is 4. The second-order valence-electron chi connectivity index (χ2n) is 4.21. The van der Waals surface area contributed by atoms with Crippen molar-refractivity contribution < 1.29 is 4.79 Å². The number of fused-ring (bicyclic) bond motifs is 1. The summed E-state index contributed by atoms with van der Waals surface area (Å²) in [6, 6.07) is 1.80. The van der Waals surface area contributed by atoms with E-state index in [-0.39, 0.29) is 5.91 Å². The van der Waals surface area contributed by atoms with Gasteiger partial charge in [-0.25, -0.2) is 14.5 Å². The Bertz CT molecular complexity index is 777. The van der Waals surface area contributed by atoms with Crippen LogP contribution in [0.15, 0.2) is 24.7 Å². The molecule has 0 radical (unpaired) electrons. The van der Waals surface area contributed by atoms with Gasteiger partial charge in [-0.15, -0.1) is 0 Å². The summed E-state index contributed by atoms with van der Waals surface area (Å²) >= 11 is 1.18. The minimum Gasteiger partial charge on any atom is -0.375 e. The second kappa shape index (κ2) is 4.89. The van der Waals surface area contributed by atoms with Gasteiger partial charge in [-0.2, -0.15) is 5.10 Å². The van der Waals surface area contributed by atoms with Crippen molar-refractivity contribution in [3.8, 4) is 0 Å². The molecule has 0 saturated heterocycles. The average Bonchev–Trinajstić information content (AvgIpc) is 2.99. The number of aryl methyl sites for hydroxylation is 1. The molecule has 3 aromatic rings. The third-order valence-corrected chi connectivity index (χ3v) is 3.80. The van der Waals surface area contributed by atoms with Crippen molar-refractivity contribution in [3.63, 3.8) is 0 Å². The molecule has 0 aliphatic rings. The Morgan fingerprint density at radius 3 is 3.15 bits per heavy atom. The van der Waals surface area contributed by atoms with Crippen LogP contribution in [0.2, 0.25) is 0 Å². The average molecular weight is 288 g/mol. The fourth-order valence-corrected chi connectivity index (χ4v) is 2.63. The number of anilines is 1. The zero-order valence-electron chi connectivity index (χ0n) is 10.7. The molecule has 1 amide bonds. The molecular weight excluding hydrogens is 276 g/mol. The van der Waals surface area contributed by atoms with Gasteiger partial charge < -0.3 is 11.1 Å². The van der Waals surface area contributed by atoms with Crippen LogP contribution in [0.3, 0.4) is 0 Å². The van der Waals surface area contributed by atoms with Crippen LogP contribution in [0.25, 0.3) is 5.65 Å². The van der Waals surface area contributed by atoms with Gasteiger partial charge in [-0.1, -0.05) is 11.3 Å². The van der Waals surface area contributed by atoms with Gasteiger partial charge in [-0.3, -0.25) is 4.79 Å². The normalized spacial score (nSPS) is 10.8. The van der Waals surface area contributed by atoms with Gasteiger partial charge in [-0.05, 0) is 13.0 Å². The van der Waals surface area contributed by atoms with Crippen LogP contribution in [-0.2, 0) is 6.54 Å². The summed E-state index contributed by atoms with van der Waals surface area (Å²) in [7, 11) is 0. The van der Waals surface area contributed by atoms with E-state index < -0.39 is 0 Å². The number of carbonyl (C=O) groups is 1. The smallest absolute Gasteiger partial charge is 0.263 e. The van der Waals surface area contributed by atoms with Crippen molar-refractivity contribution >= 4 is 28.0 Å². The van der Waals surface area contributed by atoms with Crippen LogP contribution in [0.1, 0.15) is 20.9 Å². The standard InChI is InChI=1S/C12H12N6OS/c1-7-9(20-12(13)17-7)11(19)15-5-8-6-16-18-4-2-3-14-10(8)18/h2-4,6H,5H2,1H3,(H2,13,17)(H,15,19). The largest absolute Gasteiger partial charge is 0.375 e. The van der Waals surface area contributed by atoms with E-state index in [0.29, 0.717) is 22.2 Å². The molecule has 3 N–H and O–H groups in total. The highest BCUT2D eigenvalue weighted by molar-refractivity contribution is 7.17. The number of hydrogen-bond acceptors (Lipinski definition) is 6. The van der Waals surface area contributed by atoms with Crippen LogP contribution in [-0.4, -0.2) is 25.5 Å². The zero-order chi connectivity index (χ0) is 14.1. The maximum atomic E-state index is 12.1. The lowest BCUT2D eigenvalue weighted by Gasteiger charge is -2.02. The predicted molar refractivity (Wildman–Crippen MR) is 75.4 cm³/mol. The van der Waals surface area contributed by atoms with Crippen molar-refractivity contribution in [1.82, 2.24) is 24.9 Å². The van der Waals surface area contributed by atoms with Crippen LogP contribution in [0.5, 0.6) is 0 Å². The highest BCUT2D eigenvalue weighted by atomic mass is 32.1. The molecule has 0 aromatic carbocycles. The summed E-state index contributed by atoms with van der Waals surface area (Å²) < 4.78 is 1.66. The van der Waals surface area contributed by atoms with Gasteiger partial charge in [0.15, 0.2) is 10.8 Å². The van der Waals surface area contributed by atoms with Gasteiger partial charge in [0.25, 0.3) is 5.91 Å². The number of nitrogen functional groups attached to an aromatic ring is 1. The summed E-state index contributed by atoms with van der Waals surface area (Å²) in [6.45, 7) is 2.12. The van der Waals surface area contributed by atoms with E-state index >= 15 is 0 Å². The number of hydrogen-bond donors (Lipinski definition) is 2. The molecule has 0 bridgehead atoms. The molecule has 0 unspecified atom stereocenters. The Kier molecular flexibility index (Phi) is 3.07. The van der Waals surface area contributed by atoms with E-state index in [1.165, 1.54) is 11.3 Å². The highest BCUT2D eigenvalue weighted by Gasteiger charge is 2.14. The molecule has 3 rings (SSSR count). The molecule has 0 atom stereocenters. The molecule has 0 fully saturated rings. The van der Waals surface area contributed by atoms with Crippen LogP contribution in [0.4, 0.5) is 5.13 Å². The summed E-state index contributed by atoms with van der Waals surface area (Å²) in [5.74, 6) is -0.188. The minimum atomic E-state index is -0.188. The number of carbonyl (C=O) groups excluding carboxylic acids is 1. The van der Waals surface area contributed by atoms with Gasteiger partial charge in [0.1, 0.15) is 4.88 Å². The molecule has 0 aliphatic heterocycles. The Balaban J connectivity index is 1.76. The van der Waals surface area contributed by atoms with E-state index in [0.717, 1.165) is 11.2 Å². The fraction of sp³-hybridized carbons (Fsp3) is 0.167. The first-order valence-electron chi connectivity index (χ1n) is 5.93. The van der Waals surface area contributed by atoms with Gasteiger partial charge in [0, 0.05) is 24.5 Å². The molecule has 8 heteroatoms. The first kappa shape index (κ1) is 12.5. The molecule has 20 heavy (non-hydrogen) atoms. The topological polar surface area (TPSA) is 98.2 Å². The zero-order valence-corrected chi connectivity index (χ0v) is 11.5. The SMILES string of the molecule is Cc1nc(N)sc1C(=O)NCc1cnn2cccnc12. The van der Waals surface area contributed by atoms with Gasteiger partial charge in [0.05, 0.1) is 11.9 Å². The quantitative estimate of drug-likeness (QED) is 0.749. The third-order valence-electron chi connectivity index (χ3n) is 2.81. The lowest BCUT2D eigenvalue weighted by Crippen LogP contribution is -2.22. The highest BCUT2D eigenvalue weighted by Crippen LogP contribution is 2.19. The van der Waals surface area contributed by atoms with E-state index in [9.17, 15) is 4.79 Å². The number of nitrogens with one attached hydrogen (secondary N) is 1. The Hall–Kier alpha value is -2.48. The minimum absolute atomic E-state index is 0.188. The second-order valence-corrected chi connectivity index (χ2v) is 5.24. The van der Waals surface area contributed by atoms with E-state index in [1.54, 1.807) is 29.9 Å². The summed E-state index contributed by atoms with van der Waals surface area (Å²) in [4.78, 5) is 20.9. The van der Waals surface area contributed by atoms with Crippen LogP contribution < -0.4 is 11.1 Å². The van der Waals surface area contributed by atoms with Crippen molar-refractivity contribution in [2.24, 2.45) is 0 Å². The number of thiazole rings is 1. The molecule has 0 saturated carbocycles. The van der Waals surface area contributed by atoms with Crippen molar-refractivity contribution in [3.05, 3.63) is 40.8 Å². The Morgan fingerprint density at radius 2 is 2.40 bits per heavy atom. The number of rotatable bonds is 3. The van der Waals surface area contributed by atoms with E-state index in [2.05, 4.69) is 20.4 Å². The van der Waals surface area contributed by atoms with E-state index in [4.69, 9.17) is 5.73 Å². The Labute approximate surface area is 118 Å². The maximum absolute atomic E-state index is 12.1. The van der Waals surface area contributed by atoms with E-state index in [1.807, 2.05) is 6.20 Å². The molecular formula is C12H12N6OS. The lowest BCUT2D eigenvalue weighted by molar-refractivity contribution is 0.0954. The van der Waals surface area contributed by atoms with Crippen molar-refractivity contribution in [1.29, 1.82) is 0 Å². The molecule has 3 heterocycles. The van der Waals surface area contributed by atoms with Gasteiger partial charge >= 0.3 is 0 Å². The first-order valence-corrected chi connectivity index (χ1v) is 6.75. The summed E-state index contributed by atoms with van der Waals surface area (Å²) in [5, 5.41) is 7.39. The number of nitrogens with zero attached hydrogens (tertiary/aromatic N) is 4. The predicted octanol–water partition coefficient (Wildman–Crippen LogP) is 1.01.